The smallest absolute Gasteiger partial charge is 0.237 e. The van der Waals surface area contributed by atoms with Gasteiger partial charge in [-0.15, -0.1) is 5.10 Å². The van der Waals surface area contributed by atoms with Gasteiger partial charge in [-0.05, 0) is 12.1 Å². The van der Waals surface area contributed by atoms with Crippen LogP contribution >= 0.6 is 0 Å². The summed E-state index contributed by atoms with van der Waals surface area (Å²) in [7, 11) is 3.34. The summed E-state index contributed by atoms with van der Waals surface area (Å²) in [5.74, 6) is 0.595. The van der Waals surface area contributed by atoms with Crippen molar-refractivity contribution in [3.63, 3.8) is 0 Å². The van der Waals surface area contributed by atoms with Crippen LogP contribution in [0.2, 0.25) is 0 Å². The molecule has 0 fully saturated rings. The van der Waals surface area contributed by atoms with Crippen LogP contribution in [0.3, 0.4) is 0 Å². The SMILES string of the molecule is CN/N=C(\OC)c1ccccc1. The van der Waals surface area contributed by atoms with E-state index in [1.165, 1.54) is 0 Å². The first-order chi connectivity index (χ1) is 5.88. The lowest BCUT2D eigenvalue weighted by Gasteiger charge is -2.03. The summed E-state index contributed by atoms with van der Waals surface area (Å²) in [5, 5.41) is 3.96. The fourth-order valence-corrected chi connectivity index (χ4v) is 0.910. The number of nitrogens with zero attached hydrogens (tertiary/aromatic N) is 1. The summed E-state index contributed by atoms with van der Waals surface area (Å²) >= 11 is 0. The van der Waals surface area contributed by atoms with E-state index >= 15 is 0 Å². The lowest BCUT2D eigenvalue weighted by Crippen LogP contribution is -2.08. The highest BCUT2D eigenvalue weighted by atomic mass is 16.5. The minimum atomic E-state index is 0.595. The molecule has 3 heteroatoms. The fourth-order valence-electron chi connectivity index (χ4n) is 0.910. The highest BCUT2D eigenvalue weighted by Gasteiger charge is 1.99. The van der Waals surface area contributed by atoms with E-state index in [-0.39, 0.29) is 0 Å². The molecular formula is C9H12N2O. The van der Waals surface area contributed by atoms with Gasteiger partial charge >= 0.3 is 0 Å². The summed E-state index contributed by atoms with van der Waals surface area (Å²) in [6.07, 6.45) is 0. The van der Waals surface area contributed by atoms with Crippen molar-refractivity contribution in [3.8, 4) is 0 Å². The average molecular weight is 164 g/mol. The number of ether oxygens (including phenoxy) is 1. The van der Waals surface area contributed by atoms with Crippen molar-refractivity contribution < 1.29 is 4.74 Å². The van der Waals surface area contributed by atoms with Gasteiger partial charge in [0.15, 0.2) is 0 Å². The minimum Gasteiger partial charge on any atom is -0.480 e. The number of hydrogen-bond acceptors (Lipinski definition) is 3. The molecule has 0 aliphatic heterocycles. The number of hydrogen-bond donors (Lipinski definition) is 1. The molecule has 1 aromatic rings. The zero-order valence-electron chi connectivity index (χ0n) is 7.24. The van der Waals surface area contributed by atoms with Gasteiger partial charge in [0, 0.05) is 12.6 Å². The van der Waals surface area contributed by atoms with Crippen molar-refractivity contribution in [3.05, 3.63) is 35.9 Å². The van der Waals surface area contributed by atoms with Gasteiger partial charge in [-0.1, -0.05) is 18.2 Å². The van der Waals surface area contributed by atoms with Crippen molar-refractivity contribution in [2.75, 3.05) is 14.2 Å². The maximum Gasteiger partial charge on any atom is 0.237 e. The van der Waals surface area contributed by atoms with E-state index in [1.807, 2.05) is 30.3 Å². The lowest BCUT2D eigenvalue weighted by atomic mass is 10.2. The molecule has 0 amide bonds. The van der Waals surface area contributed by atoms with E-state index < -0.39 is 0 Å². The first kappa shape index (κ1) is 8.59. The van der Waals surface area contributed by atoms with Gasteiger partial charge in [0.1, 0.15) is 0 Å². The number of hydrazone groups is 1. The Bertz CT molecular complexity index is 256. The van der Waals surface area contributed by atoms with Gasteiger partial charge in [0.05, 0.1) is 7.11 Å². The van der Waals surface area contributed by atoms with Crippen LogP contribution in [0.25, 0.3) is 0 Å². The third-order valence-corrected chi connectivity index (χ3v) is 1.43. The second-order valence-corrected chi connectivity index (χ2v) is 2.21. The Kier molecular flexibility index (Phi) is 3.14. The molecule has 1 N–H and O–H groups in total. The molecule has 64 valence electrons. The summed E-state index contributed by atoms with van der Waals surface area (Å²) in [6.45, 7) is 0. The molecule has 0 bridgehead atoms. The Balaban J connectivity index is 2.88. The number of benzene rings is 1. The van der Waals surface area contributed by atoms with Crippen LogP contribution in [0.1, 0.15) is 5.56 Å². The number of methoxy groups -OCH3 is 1. The van der Waals surface area contributed by atoms with Gasteiger partial charge in [0.25, 0.3) is 0 Å². The van der Waals surface area contributed by atoms with Crippen molar-refractivity contribution in [1.82, 2.24) is 5.43 Å². The molecule has 0 atom stereocenters. The predicted molar refractivity (Wildman–Crippen MR) is 49.0 cm³/mol. The van der Waals surface area contributed by atoms with E-state index in [9.17, 15) is 0 Å². The van der Waals surface area contributed by atoms with Crippen LogP contribution < -0.4 is 5.43 Å². The fraction of sp³-hybridized carbons (Fsp3) is 0.222. The normalized spacial score (nSPS) is 11.0. The second-order valence-electron chi connectivity index (χ2n) is 2.21. The molecule has 1 rings (SSSR count). The zero-order valence-corrected chi connectivity index (χ0v) is 7.24. The molecule has 0 saturated heterocycles. The second kappa shape index (κ2) is 4.38. The maximum absolute atomic E-state index is 5.06. The van der Waals surface area contributed by atoms with Crippen LogP contribution in [-0.2, 0) is 4.74 Å². The molecule has 3 nitrogen and oxygen atoms in total. The van der Waals surface area contributed by atoms with Gasteiger partial charge < -0.3 is 10.2 Å². The minimum absolute atomic E-state index is 0.595. The molecule has 0 radical (unpaired) electrons. The Morgan fingerprint density at radius 2 is 2.00 bits per heavy atom. The monoisotopic (exact) mass is 164 g/mol. The van der Waals surface area contributed by atoms with Crippen molar-refractivity contribution >= 4 is 5.90 Å². The predicted octanol–water partition coefficient (Wildman–Crippen LogP) is 1.21. The first-order valence-corrected chi connectivity index (χ1v) is 3.72. The summed E-state index contributed by atoms with van der Waals surface area (Å²) in [5.41, 5.74) is 3.65. The first-order valence-electron chi connectivity index (χ1n) is 3.72. The standard InChI is InChI=1S/C9H12N2O/c1-10-11-9(12-2)8-6-4-3-5-7-8/h3-7,10H,1-2H3/b11-9-. The van der Waals surface area contributed by atoms with Crippen LogP contribution in [-0.4, -0.2) is 20.1 Å². The lowest BCUT2D eigenvalue weighted by molar-refractivity contribution is 0.400. The highest BCUT2D eigenvalue weighted by Crippen LogP contribution is 2.00. The summed E-state index contributed by atoms with van der Waals surface area (Å²) in [4.78, 5) is 0. The molecule has 0 aliphatic carbocycles. The topological polar surface area (TPSA) is 33.6 Å². The molecule has 1 aromatic carbocycles. The summed E-state index contributed by atoms with van der Waals surface area (Å²) in [6, 6.07) is 9.73. The van der Waals surface area contributed by atoms with Crippen LogP contribution in [0, 0.1) is 0 Å². The Hall–Kier alpha value is -1.51. The van der Waals surface area contributed by atoms with E-state index in [1.54, 1.807) is 14.2 Å². The van der Waals surface area contributed by atoms with Gasteiger partial charge in [-0.3, -0.25) is 0 Å². The molecule has 12 heavy (non-hydrogen) atoms. The van der Waals surface area contributed by atoms with Crippen LogP contribution in [0.4, 0.5) is 0 Å². The van der Waals surface area contributed by atoms with E-state index in [4.69, 9.17) is 4.74 Å². The molecular weight excluding hydrogens is 152 g/mol. The Morgan fingerprint density at radius 1 is 1.33 bits per heavy atom. The van der Waals surface area contributed by atoms with E-state index in [2.05, 4.69) is 10.5 Å². The van der Waals surface area contributed by atoms with Crippen LogP contribution in [0.5, 0.6) is 0 Å². The third-order valence-electron chi connectivity index (χ3n) is 1.43. The Morgan fingerprint density at radius 3 is 2.50 bits per heavy atom. The van der Waals surface area contributed by atoms with Gasteiger partial charge in [-0.2, -0.15) is 0 Å². The van der Waals surface area contributed by atoms with Crippen molar-refractivity contribution in [2.45, 2.75) is 0 Å². The van der Waals surface area contributed by atoms with E-state index in [0.717, 1.165) is 5.56 Å². The van der Waals surface area contributed by atoms with Crippen LogP contribution in [0.15, 0.2) is 35.4 Å². The molecule has 0 unspecified atom stereocenters. The van der Waals surface area contributed by atoms with E-state index in [0.29, 0.717) is 5.90 Å². The molecule has 0 aromatic heterocycles. The maximum atomic E-state index is 5.06. The van der Waals surface area contributed by atoms with Gasteiger partial charge in [-0.25, -0.2) is 0 Å². The molecule has 0 aliphatic rings. The summed E-state index contributed by atoms with van der Waals surface area (Å²) < 4.78 is 5.06. The van der Waals surface area contributed by atoms with Crippen molar-refractivity contribution in [1.29, 1.82) is 0 Å². The quantitative estimate of drug-likeness (QED) is 0.405. The zero-order chi connectivity index (χ0) is 8.81. The largest absolute Gasteiger partial charge is 0.480 e. The van der Waals surface area contributed by atoms with Crippen molar-refractivity contribution in [2.24, 2.45) is 5.10 Å². The average Bonchev–Trinajstić information content (AvgIpc) is 2.15. The molecule has 0 spiro atoms. The Labute approximate surface area is 72.1 Å². The third kappa shape index (κ3) is 1.99. The highest BCUT2D eigenvalue weighted by molar-refractivity contribution is 5.93. The van der Waals surface area contributed by atoms with Gasteiger partial charge in [0.2, 0.25) is 5.90 Å². The number of rotatable bonds is 2. The number of nitrogens with one attached hydrogen (secondary N) is 1. The molecule has 0 heterocycles. The molecule has 0 saturated carbocycles.